The lowest BCUT2D eigenvalue weighted by molar-refractivity contribution is 0.489. The number of fused-ring (bicyclic) bond motifs is 1. The van der Waals surface area contributed by atoms with Crippen molar-refractivity contribution in [2.45, 2.75) is 39.3 Å². The molecule has 1 atom stereocenters. The number of hydrogen-bond donors (Lipinski definition) is 1. The first kappa shape index (κ1) is 13.4. The summed E-state index contributed by atoms with van der Waals surface area (Å²) < 4.78 is 0. The Morgan fingerprint density at radius 1 is 1.35 bits per heavy atom. The van der Waals surface area contributed by atoms with Crippen LogP contribution in [0.15, 0.2) is 30.3 Å². The van der Waals surface area contributed by atoms with Crippen LogP contribution in [0, 0.1) is 5.92 Å². The molecule has 1 saturated heterocycles. The SMILES string of the molecule is CC(C)C1CCCN1c1nc2ccccc2cc1CN. The average Bonchev–Trinajstić information content (AvgIpc) is 2.95. The van der Waals surface area contributed by atoms with Crippen molar-refractivity contribution in [3.63, 3.8) is 0 Å². The lowest BCUT2D eigenvalue weighted by atomic mass is 10.0. The van der Waals surface area contributed by atoms with E-state index < -0.39 is 0 Å². The standard InChI is InChI=1S/C17H23N3/c1-12(2)16-8-5-9-20(16)17-14(11-18)10-13-6-3-4-7-15(13)19-17/h3-4,6-7,10,12,16H,5,8-9,11,18H2,1-2H3. The van der Waals surface area contributed by atoms with Crippen molar-refractivity contribution in [2.75, 3.05) is 11.4 Å². The smallest absolute Gasteiger partial charge is 0.134 e. The maximum absolute atomic E-state index is 5.96. The van der Waals surface area contributed by atoms with Crippen LogP contribution in [0.3, 0.4) is 0 Å². The highest BCUT2D eigenvalue weighted by molar-refractivity contribution is 5.82. The van der Waals surface area contributed by atoms with Crippen LogP contribution in [-0.4, -0.2) is 17.6 Å². The molecule has 3 rings (SSSR count). The fraction of sp³-hybridized carbons (Fsp3) is 0.471. The maximum atomic E-state index is 5.96. The molecule has 1 aliphatic heterocycles. The Labute approximate surface area is 120 Å². The van der Waals surface area contributed by atoms with E-state index in [1.807, 2.05) is 6.07 Å². The number of para-hydroxylation sites is 1. The van der Waals surface area contributed by atoms with Gasteiger partial charge < -0.3 is 10.6 Å². The van der Waals surface area contributed by atoms with Gasteiger partial charge in [0, 0.05) is 30.1 Å². The highest BCUT2D eigenvalue weighted by atomic mass is 15.2. The van der Waals surface area contributed by atoms with Crippen LogP contribution in [0.5, 0.6) is 0 Å². The Bertz CT molecular complexity index is 606. The Balaban J connectivity index is 2.09. The van der Waals surface area contributed by atoms with E-state index in [1.54, 1.807) is 0 Å². The molecule has 1 aromatic carbocycles. The molecule has 3 heteroatoms. The second kappa shape index (κ2) is 5.41. The fourth-order valence-corrected chi connectivity index (χ4v) is 3.30. The van der Waals surface area contributed by atoms with Crippen LogP contribution in [0.2, 0.25) is 0 Å². The van der Waals surface area contributed by atoms with Crippen molar-refractivity contribution in [1.29, 1.82) is 0 Å². The van der Waals surface area contributed by atoms with E-state index in [1.165, 1.54) is 18.2 Å². The Hall–Kier alpha value is -1.61. The molecule has 0 radical (unpaired) electrons. The highest BCUT2D eigenvalue weighted by Gasteiger charge is 2.29. The Morgan fingerprint density at radius 2 is 2.15 bits per heavy atom. The third kappa shape index (κ3) is 2.27. The van der Waals surface area contributed by atoms with Crippen molar-refractivity contribution in [3.8, 4) is 0 Å². The number of anilines is 1. The second-order valence-electron chi connectivity index (χ2n) is 6.01. The van der Waals surface area contributed by atoms with Crippen LogP contribution in [0.4, 0.5) is 5.82 Å². The van der Waals surface area contributed by atoms with Gasteiger partial charge in [-0.15, -0.1) is 0 Å². The quantitative estimate of drug-likeness (QED) is 0.929. The number of nitrogens with two attached hydrogens (primary N) is 1. The first-order valence-corrected chi connectivity index (χ1v) is 7.56. The molecule has 0 saturated carbocycles. The van der Waals surface area contributed by atoms with Crippen LogP contribution in [0.1, 0.15) is 32.3 Å². The molecule has 1 aliphatic rings. The molecule has 3 nitrogen and oxygen atoms in total. The summed E-state index contributed by atoms with van der Waals surface area (Å²) in [5.41, 5.74) is 8.19. The lowest BCUT2D eigenvalue weighted by Crippen LogP contribution is -2.35. The van der Waals surface area contributed by atoms with Crippen molar-refractivity contribution < 1.29 is 0 Å². The van der Waals surface area contributed by atoms with Gasteiger partial charge in [0.15, 0.2) is 0 Å². The molecular weight excluding hydrogens is 246 g/mol. The number of nitrogens with zero attached hydrogens (tertiary/aromatic N) is 2. The minimum atomic E-state index is 0.550. The van der Waals surface area contributed by atoms with Crippen LogP contribution < -0.4 is 10.6 Å². The number of aromatic nitrogens is 1. The summed E-state index contributed by atoms with van der Waals surface area (Å²) in [6.45, 7) is 6.24. The summed E-state index contributed by atoms with van der Waals surface area (Å²) in [5.74, 6) is 1.75. The largest absolute Gasteiger partial charge is 0.353 e. The van der Waals surface area contributed by atoms with Crippen LogP contribution >= 0.6 is 0 Å². The molecule has 20 heavy (non-hydrogen) atoms. The zero-order valence-corrected chi connectivity index (χ0v) is 12.3. The molecule has 0 aliphatic carbocycles. The van der Waals surface area contributed by atoms with E-state index in [4.69, 9.17) is 10.7 Å². The van der Waals surface area contributed by atoms with Gasteiger partial charge in [-0.25, -0.2) is 4.98 Å². The summed E-state index contributed by atoms with van der Waals surface area (Å²) >= 11 is 0. The molecule has 0 amide bonds. The average molecular weight is 269 g/mol. The van der Waals surface area contributed by atoms with Crippen molar-refractivity contribution in [1.82, 2.24) is 4.98 Å². The van der Waals surface area contributed by atoms with E-state index in [0.717, 1.165) is 23.4 Å². The van der Waals surface area contributed by atoms with Gasteiger partial charge in [-0.3, -0.25) is 0 Å². The molecule has 1 aromatic heterocycles. The number of hydrogen-bond acceptors (Lipinski definition) is 3. The molecule has 2 aromatic rings. The zero-order chi connectivity index (χ0) is 14.1. The van der Waals surface area contributed by atoms with E-state index in [-0.39, 0.29) is 0 Å². The normalized spacial score (nSPS) is 19.2. The first-order valence-electron chi connectivity index (χ1n) is 7.56. The monoisotopic (exact) mass is 269 g/mol. The summed E-state index contributed by atoms with van der Waals surface area (Å²) in [5, 5.41) is 1.18. The van der Waals surface area contributed by atoms with Crippen LogP contribution in [0.25, 0.3) is 10.9 Å². The fourth-order valence-electron chi connectivity index (χ4n) is 3.30. The van der Waals surface area contributed by atoms with Gasteiger partial charge in [-0.2, -0.15) is 0 Å². The maximum Gasteiger partial charge on any atom is 0.134 e. The molecule has 106 valence electrons. The van der Waals surface area contributed by atoms with Gasteiger partial charge in [0.2, 0.25) is 0 Å². The molecule has 2 N–H and O–H groups in total. The third-order valence-electron chi connectivity index (χ3n) is 4.34. The minimum absolute atomic E-state index is 0.550. The summed E-state index contributed by atoms with van der Waals surface area (Å²) in [7, 11) is 0. The van der Waals surface area contributed by atoms with E-state index in [9.17, 15) is 0 Å². The predicted molar refractivity (Wildman–Crippen MR) is 84.8 cm³/mol. The Kier molecular flexibility index (Phi) is 3.62. The topological polar surface area (TPSA) is 42.2 Å². The second-order valence-corrected chi connectivity index (χ2v) is 6.01. The molecule has 2 heterocycles. The number of benzene rings is 1. The van der Waals surface area contributed by atoms with Gasteiger partial charge in [0.05, 0.1) is 5.52 Å². The van der Waals surface area contributed by atoms with Gasteiger partial charge in [-0.05, 0) is 30.9 Å². The van der Waals surface area contributed by atoms with Gasteiger partial charge in [0.1, 0.15) is 5.82 Å². The minimum Gasteiger partial charge on any atom is -0.353 e. The van der Waals surface area contributed by atoms with Crippen molar-refractivity contribution in [3.05, 3.63) is 35.9 Å². The zero-order valence-electron chi connectivity index (χ0n) is 12.3. The van der Waals surface area contributed by atoms with Gasteiger partial charge in [-0.1, -0.05) is 32.0 Å². The number of pyridine rings is 1. The summed E-state index contributed by atoms with van der Waals surface area (Å²) in [4.78, 5) is 7.38. The predicted octanol–water partition coefficient (Wildman–Crippen LogP) is 3.32. The van der Waals surface area contributed by atoms with Crippen molar-refractivity contribution in [2.24, 2.45) is 11.7 Å². The third-order valence-corrected chi connectivity index (χ3v) is 4.34. The summed E-state index contributed by atoms with van der Waals surface area (Å²) in [6, 6.07) is 11.1. The molecule has 0 bridgehead atoms. The molecule has 1 fully saturated rings. The van der Waals surface area contributed by atoms with Gasteiger partial charge >= 0.3 is 0 Å². The molecule has 0 spiro atoms. The van der Waals surface area contributed by atoms with E-state index in [0.29, 0.717) is 18.5 Å². The molecule has 1 unspecified atom stereocenters. The highest BCUT2D eigenvalue weighted by Crippen LogP contribution is 2.32. The Morgan fingerprint density at radius 3 is 2.90 bits per heavy atom. The van der Waals surface area contributed by atoms with Crippen LogP contribution in [-0.2, 0) is 6.54 Å². The number of rotatable bonds is 3. The first-order chi connectivity index (χ1) is 9.70. The lowest BCUT2D eigenvalue weighted by Gasteiger charge is -2.30. The van der Waals surface area contributed by atoms with E-state index in [2.05, 4.69) is 43.0 Å². The van der Waals surface area contributed by atoms with Gasteiger partial charge in [0.25, 0.3) is 0 Å². The summed E-state index contributed by atoms with van der Waals surface area (Å²) in [6.07, 6.45) is 2.51. The van der Waals surface area contributed by atoms with Crippen molar-refractivity contribution >= 4 is 16.7 Å². The molecular formula is C17H23N3. The van der Waals surface area contributed by atoms with E-state index >= 15 is 0 Å².